The van der Waals surface area contributed by atoms with Crippen LogP contribution in [-0.4, -0.2) is 67.0 Å². The number of hydrogen-bond acceptors (Lipinski definition) is 7. The SMILES string of the molecule is Cc1nc2c(F)cc(-c3nc(Nc4ccc(CN5CCN(CC(C)C)CC5)cn4)ncc3F)cc2n1C(C)C. The third-order valence-corrected chi connectivity index (χ3v) is 7.02. The number of benzene rings is 1. The molecule has 5 rings (SSSR count). The molecule has 0 aliphatic carbocycles. The van der Waals surface area contributed by atoms with E-state index in [1.165, 1.54) is 6.07 Å². The number of rotatable bonds is 8. The molecule has 0 amide bonds. The van der Waals surface area contributed by atoms with Gasteiger partial charge in [0.05, 0.1) is 11.7 Å². The van der Waals surface area contributed by atoms with Gasteiger partial charge in [-0.1, -0.05) is 19.9 Å². The quantitative estimate of drug-likeness (QED) is 0.317. The van der Waals surface area contributed by atoms with E-state index in [4.69, 9.17) is 0 Å². The van der Waals surface area contributed by atoms with Crippen LogP contribution in [0.4, 0.5) is 20.5 Å². The van der Waals surface area contributed by atoms with E-state index in [9.17, 15) is 8.78 Å². The number of pyridine rings is 1. The molecule has 0 atom stereocenters. The molecule has 8 nitrogen and oxygen atoms in total. The van der Waals surface area contributed by atoms with Gasteiger partial charge in [0.1, 0.15) is 22.9 Å². The number of hydrogen-bond donors (Lipinski definition) is 1. The summed E-state index contributed by atoms with van der Waals surface area (Å²) in [4.78, 5) is 22.3. The molecule has 4 heterocycles. The second kappa shape index (κ2) is 11.3. The minimum Gasteiger partial charge on any atom is -0.326 e. The monoisotopic (exact) mass is 534 g/mol. The molecule has 0 spiro atoms. The lowest BCUT2D eigenvalue weighted by molar-refractivity contribution is 0.117. The Morgan fingerprint density at radius 2 is 1.64 bits per heavy atom. The molecule has 0 bridgehead atoms. The molecule has 1 aromatic carbocycles. The van der Waals surface area contributed by atoms with E-state index < -0.39 is 11.6 Å². The number of halogens is 2. The zero-order valence-electron chi connectivity index (χ0n) is 23.2. The molecule has 39 heavy (non-hydrogen) atoms. The molecule has 0 saturated carbocycles. The Bertz CT molecular complexity index is 1440. The molecular formula is C29H36F2N8. The van der Waals surface area contributed by atoms with Crippen LogP contribution in [-0.2, 0) is 6.54 Å². The van der Waals surface area contributed by atoms with Crippen LogP contribution in [0.5, 0.6) is 0 Å². The van der Waals surface area contributed by atoms with Crippen LogP contribution in [0.3, 0.4) is 0 Å². The normalized spacial score (nSPS) is 15.1. The van der Waals surface area contributed by atoms with Gasteiger partial charge in [0.15, 0.2) is 11.6 Å². The topological polar surface area (TPSA) is 75.0 Å². The lowest BCUT2D eigenvalue weighted by Gasteiger charge is -2.35. The fraction of sp³-hybridized carbons (Fsp3) is 0.448. The van der Waals surface area contributed by atoms with Crippen LogP contribution in [0.2, 0.25) is 0 Å². The van der Waals surface area contributed by atoms with Crippen molar-refractivity contribution in [3.63, 3.8) is 0 Å². The fourth-order valence-corrected chi connectivity index (χ4v) is 5.30. The molecular weight excluding hydrogens is 498 g/mol. The molecule has 1 N–H and O–H groups in total. The minimum atomic E-state index is -0.636. The number of nitrogens with zero attached hydrogens (tertiary/aromatic N) is 7. The van der Waals surface area contributed by atoms with Crippen molar-refractivity contribution in [2.24, 2.45) is 5.92 Å². The van der Waals surface area contributed by atoms with Gasteiger partial charge in [-0.3, -0.25) is 4.90 Å². The summed E-state index contributed by atoms with van der Waals surface area (Å²) >= 11 is 0. The van der Waals surface area contributed by atoms with Crippen molar-refractivity contribution in [3.05, 3.63) is 59.7 Å². The standard InChI is InChI=1S/C29H36F2N8/c1-18(2)16-37-8-10-38(11-9-37)17-21-6-7-26(32-14-21)35-29-33-15-24(31)27(36-29)22-12-23(30)28-25(13-22)39(19(3)4)20(5)34-28/h6-7,12-15,18-19H,8-11,16-17H2,1-5H3,(H,32,33,35,36). The minimum absolute atomic E-state index is 0.00990. The summed E-state index contributed by atoms with van der Waals surface area (Å²) in [5.74, 6) is 0.963. The fourth-order valence-electron chi connectivity index (χ4n) is 5.30. The van der Waals surface area contributed by atoms with Gasteiger partial charge in [0.25, 0.3) is 0 Å². The number of anilines is 2. The van der Waals surface area contributed by atoms with Crippen LogP contribution in [0.25, 0.3) is 22.3 Å². The van der Waals surface area contributed by atoms with Crippen LogP contribution in [0.15, 0.2) is 36.7 Å². The maximum atomic E-state index is 15.0. The maximum absolute atomic E-state index is 15.0. The summed E-state index contributed by atoms with van der Waals surface area (Å²) in [6, 6.07) is 6.96. The van der Waals surface area contributed by atoms with Gasteiger partial charge in [-0.25, -0.2) is 28.7 Å². The molecule has 206 valence electrons. The van der Waals surface area contributed by atoms with E-state index in [1.807, 2.05) is 43.7 Å². The molecule has 1 aliphatic rings. The Hall–Kier alpha value is -3.50. The highest BCUT2D eigenvalue weighted by Gasteiger charge is 2.19. The van der Waals surface area contributed by atoms with E-state index in [2.05, 4.69) is 48.9 Å². The molecule has 4 aromatic rings. The molecule has 1 aliphatic heterocycles. The first-order valence-corrected chi connectivity index (χ1v) is 13.6. The number of aromatic nitrogens is 5. The number of piperazine rings is 1. The van der Waals surface area contributed by atoms with Gasteiger partial charge in [0, 0.05) is 57.1 Å². The molecule has 0 radical (unpaired) electrons. The lowest BCUT2D eigenvalue weighted by atomic mass is 10.1. The van der Waals surface area contributed by atoms with Gasteiger partial charge in [0.2, 0.25) is 5.95 Å². The van der Waals surface area contributed by atoms with Crippen molar-refractivity contribution < 1.29 is 8.78 Å². The first kappa shape index (κ1) is 27.1. The number of imidazole rings is 1. The molecule has 1 fully saturated rings. The smallest absolute Gasteiger partial charge is 0.229 e. The Labute approximate surface area is 228 Å². The third kappa shape index (κ3) is 6.07. The zero-order chi connectivity index (χ0) is 27.7. The van der Waals surface area contributed by atoms with E-state index in [0.717, 1.165) is 51.0 Å². The van der Waals surface area contributed by atoms with E-state index >= 15 is 0 Å². The highest BCUT2D eigenvalue weighted by Crippen LogP contribution is 2.30. The number of fused-ring (bicyclic) bond motifs is 1. The van der Waals surface area contributed by atoms with Crippen LogP contribution in [0, 0.1) is 24.5 Å². The maximum Gasteiger partial charge on any atom is 0.229 e. The average Bonchev–Trinajstić information content (AvgIpc) is 3.24. The van der Waals surface area contributed by atoms with Crippen LogP contribution < -0.4 is 5.32 Å². The summed E-state index contributed by atoms with van der Waals surface area (Å²) in [6.45, 7) is 16.6. The van der Waals surface area contributed by atoms with E-state index in [1.54, 1.807) is 6.07 Å². The largest absolute Gasteiger partial charge is 0.326 e. The summed E-state index contributed by atoms with van der Waals surface area (Å²) in [6.07, 6.45) is 2.93. The second-order valence-corrected chi connectivity index (χ2v) is 11.0. The lowest BCUT2D eigenvalue weighted by Crippen LogP contribution is -2.46. The number of nitrogens with one attached hydrogen (secondary N) is 1. The van der Waals surface area contributed by atoms with Crippen molar-refractivity contribution in [1.82, 2.24) is 34.3 Å². The highest BCUT2D eigenvalue weighted by molar-refractivity contribution is 5.83. The predicted molar refractivity (Wildman–Crippen MR) is 150 cm³/mol. The summed E-state index contributed by atoms with van der Waals surface area (Å²) in [5, 5.41) is 3.05. The van der Waals surface area contributed by atoms with Crippen LogP contribution >= 0.6 is 0 Å². The summed E-state index contributed by atoms with van der Waals surface area (Å²) in [7, 11) is 0. The highest BCUT2D eigenvalue weighted by atomic mass is 19.1. The van der Waals surface area contributed by atoms with Crippen molar-refractivity contribution in [2.75, 3.05) is 38.0 Å². The van der Waals surface area contributed by atoms with Crippen molar-refractivity contribution >= 4 is 22.8 Å². The van der Waals surface area contributed by atoms with E-state index in [0.29, 0.717) is 28.6 Å². The molecule has 3 aromatic heterocycles. The van der Waals surface area contributed by atoms with Crippen LogP contribution in [0.1, 0.15) is 45.1 Å². The Kier molecular flexibility index (Phi) is 7.86. The molecule has 1 saturated heterocycles. The number of aryl methyl sites for hydroxylation is 1. The average molecular weight is 535 g/mol. The van der Waals surface area contributed by atoms with Gasteiger partial charge < -0.3 is 14.8 Å². The third-order valence-electron chi connectivity index (χ3n) is 7.02. The Morgan fingerprint density at radius 1 is 0.897 bits per heavy atom. The van der Waals surface area contributed by atoms with Crippen molar-refractivity contribution in [2.45, 2.75) is 47.2 Å². The Balaban J connectivity index is 1.30. The van der Waals surface area contributed by atoms with Crippen molar-refractivity contribution in [3.8, 4) is 11.3 Å². The predicted octanol–water partition coefficient (Wildman–Crippen LogP) is 5.57. The zero-order valence-corrected chi connectivity index (χ0v) is 23.2. The first-order valence-electron chi connectivity index (χ1n) is 13.6. The van der Waals surface area contributed by atoms with Crippen molar-refractivity contribution in [1.29, 1.82) is 0 Å². The second-order valence-electron chi connectivity index (χ2n) is 11.0. The van der Waals surface area contributed by atoms with E-state index in [-0.39, 0.29) is 23.2 Å². The molecule has 0 unspecified atom stereocenters. The van der Waals surface area contributed by atoms with Gasteiger partial charge in [-0.05, 0) is 50.5 Å². The molecule has 10 heteroatoms. The van der Waals surface area contributed by atoms with Gasteiger partial charge >= 0.3 is 0 Å². The summed E-state index contributed by atoms with van der Waals surface area (Å²) in [5.41, 5.74) is 2.32. The van der Waals surface area contributed by atoms with Gasteiger partial charge in [-0.2, -0.15) is 0 Å². The van der Waals surface area contributed by atoms with Gasteiger partial charge in [-0.15, -0.1) is 0 Å². The summed E-state index contributed by atoms with van der Waals surface area (Å²) < 4.78 is 31.7. The Morgan fingerprint density at radius 3 is 2.31 bits per heavy atom. The first-order chi connectivity index (χ1) is 18.7.